The highest BCUT2D eigenvalue weighted by Gasteiger charge is 2.35. The monoisotopic (exact) mass is 357 g/mol. The van der Waals surface area contributed by atoms with Crippen molar-refractivity contribution in [2.45, 2.75) is 37.1 Å². The molecule has 1 aliphatic heterocycles. The number of fused-ring (bicyclic) bond motifs is 1. The van der Waals surface area contributed by atoms with E-state index in [-0.39, 0.29) is 18.4 Å². The van der Waals surface area contributed by atoms with Gasteiger partial charge < -0.3 is 10.3 Å². The lowest BCUT2D eigenvalue weighted by Gasteiger charge is -2.34. The first-order chi connectivity index (χ1) is 10.5. The Morgan fingerprint density at radius 3 is 2.65 bits per heavy atom. The first-order valence-electron chi connectivity index (χ1n) is 7.74. The average Bonchev–Trinajstić information content (AvgIpc) is 2.79. The zero-order valence-corrected chi connectivity index (χ0v) is 15.2. The van der Waals surface area contributed by atoms with Crippen LogP contribution in [0.1, 0.15) is 25.0 Å². The van der Waals surface area contributed by atoms with Gasteiger partial charge in [-0.05, 0) is 25.8 Å². The van der Waals surface area contributed by atoms with Gasteiger partial charge >= 0.3 is 0 Å². The summed E-state index contributed by atoms with van der Waals surface area (Å²) in [5.74, 6) is 0. The topological polar surface area (TPSA) is 68.3 Å². The fourth-order valence-electron chi connectivity index (χ4n) is 3.45. The molecule has 2 heterocycles. The van der Waals surface area contributed by atoms with Gasteiger partial charge in [-0.2, -0.15) is 4.31 Å². The van der Waals surface area contributed by atoms with E-state index in [0.717, 1.165) is 35.9 Å². The molecule has 0 spiro atoms. The highest BCUT2D eigenvalue weighted by molar-refractivity contribution is 7.89. The maximum Gasteiger partial charge on any atom is 0.245 e. The SMILES string of the molecule is Cc1c(S(=O)(=O)N2CCCCC2CN)c2ccccc2n1C.Cl. The predicted molar refractivity (Wildman–Crippen MR) is 95.5 cm³/mol. The van der Waals surface area contributed by atoms with Gasteiger partial charge in [0.2, 0.25) is 10.0 Å². The van der Waals surface area contributed by atoms with E-state index >= 15 is 0 Å². The van der Waals surface area contributed by atoms with Gasteiger partial charge in [0.15, 0.2) is 0 Å². The van der Waals surface area contributed by atoms with Gasteiger partial charge in [-0.1, -0.05) is 24.6 Å². The first kappa shape index (κ1) is 18.3. The summed E-state index contributed by atoms with van der Waals surface area (Å²) in [5, 5.41) is 0.795. The molecule has 0 saturated carbocycles. The molecule has 0 bridgehead atoms. The van der Waals surface area contributed by atoms with Crippen molar-refractivity contribution < 1.29 is 8.42 Å². The highest BCUT2D eigenvalue weighted by atomic mass is 35.5. The largest absolute Gasteiger partial charge is 0.347 e. The second-order valence-corrected chi connectivity index (χ2v) is 7.82. The van der Waals surface area contributed by atoms with Gasteiger partial charge in [0.05, 0.1) is 0 Å². The quantitative estimate of drug-likeness (QED) is 0.917. The zero-order chi connectivity index (χ0) is 15.9. The maximum absolute atomic E-state index is 13.3. The Kier molecular flexibility index (Phi) is 5.41. The van der Waals surface area contributed by atoms with Crippen molar-refractivity contribution in [2.75, 3.05) is 13.1 Å². The van der Waals surface area contributed by atoms with Crippen molar-refractivity contribution >= 4 is 33.3 Å². The van der Waals surface area contributed by atoms with E-state index in [4.69, 9.17) is 5.73 Å². The Labute approximate surface area is 143 Å². The summed E-state index contributed by atoms with van der Waals surface area (Å²) in [6, 6.07) is 7.57. The molecule has 7 heteroatoms. The minimum absolute atomic E-state index is 0. The summed E-state index contributed by atoms with van der Waals surface area (Å²) in [6.45, 7) is 2.81. The van der Waals surface area contributed by atoms with Crippen LogP contribution in [0.2, 0.25) is 0 Å². The Morgan fingerprint density at radius 1 is 1.26 bits per heavy atom. The van der Waals surface area contributed by atoms with Crippen LogP contribution in [-0.2, 0) is 17.1 Å². The number of hydrogen-bond acceptors (Lipinski definition) is 3. The van der Waals surface area contributed by atoms with E-state index in [9.17, 15) is 8.42 Å². The number of aromatic nitrogens is 1. The molecule has 0 aliphatic carbocycles. The molecule has 1 saturated heterocycles. The van der Waals surface area contributed by atoms with Gasteiger partial charge in [-0.25, -0.2) is 8.42 Å². The van der Waals surface area contributed by atoms with E-state index in [1.165, 1.54) is 0 Å². The summed E-state index contributed by atoms with van der Waals surface area (Å²) in [7, 11) is -1.62. The van der Waals surface area contributed by atoms with E-state index < -0.39 is 10.0 Å². The van der Waals surface area contributed by atoms with Gasteiger partial charge in [0.1, 0.15) is 4.90 Å². The lowest BCUT2D eigenvalue weighted by atomic mass is 10.1. The number of benzene rings is 1. The van der Waals surface area contributed by atoms with Crippen LogP contribution >= 0.6 is 12.4 Å². The lowest BCUT2D eigenvalue weighted by Crippen LogP contribution is -2.47. The number of nitrogens with zero attached hydrogens (tertiary/aromatic N) is 2. The number of nitrogens with two attached hydrogens (primary N) is 1. The molecule has 23 heavy (non-hydrogen) atoms. The molecule has 1 atom stereocenters. The molecular weight excluding hydrogens is 334 g/mol. The lowest BCUT2D eigenvalue weighted by molar-refractivity contribution is 0.257. The number of para-hydroxylation sites is 1. The van der Waals surface area contributed by atoms with Gasteiger partial charge in [-0.3, -0.25) is 0 Å². The number of halogens is 1. The molecule has 1 fully saturated rings. The minimum atomic E-state index is -3.53. The van der Waals surface area contributed by atoms with Crippen LogP contribution in [0.3, 0.4) is 0 Å². The van der Waals surface area contributed by atoms with Crippen molar-refractivity contribution in [2.24, 2.45) is 12.8 Å². The number of piperidine rings is 1. The second-order valence-electron chi connectivity index (χ2n) is 5.99. The van der Waals surface area contributed by atoms with Crippen molar-refractivity contribution in [3.8, 4) is 0 Å². The molecule has 2 N–H and O–H groups in total. The molecular formula is C16H24ClN3O2S. The summed E-state index contributed by atoms with van der Waals surface area (Å²) in [6.07, 6.45) is 2.79. The number of hydrogen-bond donors (Lipinski definition) is 1. The highest BCUT2D eigenvalue weighted by Crippen LogP contribution is 2.33. The summed E-state index contributed by atoms with van der Waals surface area (Å²) >= 11 is 0. The van der Waals surface area contributed by atoms with Gasteiger partial charge in [0, 0.05) is 42.8 Å². The normalized spacial score (nSPS) is 19.7. The van der Waals surface area contributed by atoms with Crippen molar-refractivity contribution in [1.29, 1.82) is 0 Å². The zero-order valence-electron chi connectivity index (χ0n) is 13.5. The average molecular weight is 358 g/mol. The van der Waals surface area contributed by atoms with Crippen LogP contribution < -0.4 is 5.73 Å². The molecule has 1 unspecified atom stereocenters. The standard InChI is InChI=1S/C16H23N3O2S.ClH/c1-12-16(14-8-3-4-9-15(14)18(12)2)22(20,21)19-10-6-5-7-13(19)11-17;/h3-4,8-9,13H,5-7,10-11,17H2,1-2H3;1H. The van der Waals surface area contributed by atoms with E-state index in [1.54, 1.807) is 4.31 Å². The Hall–Kier alpha value is -1.08. The molecule has 0 radical (unpaired) electrons. The minimum Gasteiger partial charge on any atom is -0.347 e. The van der Waals surface area contributed by atoms with Crippen molar-refractivity contribution in [3.05, 3.63) is 30.0 Å². The van der Waals surface area contributed by atoms with E-state index in [2.05, 4.69) is 0 Å². The number of rotatable bonds is 3. The Bertz CT molecular complexity index is 801. The summed E-state index contributed by atoms with van der Waals surface area (Å²) in [5.41, 5.74) is 7.54. The Balaban J connectivity index is 0.00000192. The van der Waals surface area contributed by atoms with Gasteiger partial charge in [-0.15, -0.1) is 12.4 Å². The first-order valence-corrected chi connectivity index (χ1v) is 9.18. The number of sulfonamides is 1. The number of aryl methyl sites for hydroxylation is 1. The second kappa shape index (κ2) is 6.81. The predicted octanol–water partition coefficient (Wildman–Crippen LogP) is 2.41. The Morgan fingerprint density at radius 2 is 1.96 bits per heavy atom. The smallest absolute Gasteiger partial charge is 0.245 e. The summed E-state index contributed by atoms with van der Waals surface area (Å²) in [4.78, 5) is 0.436. The van der Waals surface area contributed by atoms with Crippen LogP contribution in [0.5, 0.6) is 0 Å². The molecule has 1 aliphatic rings. The van der Waals surface area contributed by atoms with Crippen molar-refractivity contribution in [1.82, 2.24) is 8.87 Å². The van der Waals surface area contributed by atoms with Crippen LogP contribution in [0.25, 0.3) is 10.9 Å². The third kappa shape index (κ3) is 2.89. The van der Waals surface area contributed by atoms with Crippen LogP contribution in [0, 0.1) is 6.92 Å². The fourth-order valence-corrected chi connectivity index (χ4v) is 5.60. The van der Waals surface area contributed by atoms with E-state index in [1.807, 2.05) is 42.8 Å². The third-order valence-corrected chi connectivity index (χ3v) is 6.88. The van der Waals surface area contributed by atoms with E-state index in [0.29, 0.717) is 18.0 Å². The van der Waals surface area contributed by atoms with Crippen LogP contribution in [0.15, 0.2) is 29.2 Å². The maximum atomic E-state index is 13.3. The summed E-state index contributed by atoms with van der Waals surface area (Å²) < 4.78 is 30.1. The molecule has 5 nitrogen and oxygen atoms in total. The third-order valence-electron chi connectivity index (χ3n) is 4.75. The van der Waals surface area contributed by atoms with Crippen molar-refractivity contribution in [3.63, 3.8) is 0 Å². The molecule has 1 aromatic carbocycles. The fraction of sp³-hybridized carbons (Fsp3) is 0.500. The molecule has 0 amide bonds. The van der Waals surface area contributed by atoms with Crippen LogP contribution in [-0.4, -0.2) is 36.4 Å². The van der Waals surface area contributed by atoms with Crippen LogP contribution in [0.4, 0.5) is 0 Å². The molecule has 128 valence electrons. The van der Waals surface area contributed by atoms with Gasteiger partial charge in [0.25, 0.3) is 0 Å². The molecule has 3 rings (SSSR count). The molecule has 2 aromatic rings. The molecule has 1 aromatic heterocycles.